The summed E-state index contributed by atoms with van der Waals surface area (Å²) in [5.74, 6) is 0. The standard InChI is InChI=1S/C9H11N3O7S/c13-2-4-5(14)6(15)8(19-4)11-1-3(12(17)18)7(16)10-9(11)20/h1,4-6,8,13-15H,2H2,(H,10,16,20)/t4-,5-,6-,8-/m1/s1. The molecule has 1 aliphatic heterocycles. The van der Waals surface area contributed by atoms with Crippen molar-refractivity contribution in [2.45, 2.75) is 24.5 Å². The number of nitrogens with zero attached hydrogens (tertiary/aromatic N) is 2. The predicted octanol–water partition coefficient (Wildman–Crippen LogP) is -1.57. The van der Waals surface area contributed by atoms with E-state index < -0.39 is 47.3 Å². The Morgan fingerprint density at radius 3 is 2.65 bits per heavy atom. The minimum atomic E-state index is -1.45. The van der Waals surface area contributed by atoms with Crippen LogP contribution in [0, 0.1) is 14.9 Å². The summed E-state index contributed by atoms with van der Waals surface area (Å²) >= 11 is 4.84. The van der Waals surface area contributed by atoms with E-state index in [0.29, 0.717) is 0 Å². The fourth-order valence-electron chi connectivity index (χ4n) is 1.90. The summed E-state index contributed by atoms with van der Waals surface area (Å²) in [6, 6.07) is 0. The zero-order valence-electron chi connectivity index (χ0n) is 9.87. The molecule has 0 radical (unpaired) electrons. The van der Waals surface area contributed by atoms with E-state index in [9.17, 15) is 25.1 Å². The van der Waals surface area contributed by atoms with Crippen molar-refractivity contribution in [3.8, 4) is 0 Å². The Labute approximate surface area is 116 Å². The Bertz CT molecular complexity index is 641. The number of aliphatic hydroxyl groups is 3. The topological polar surface area (TPSA) is 151 Å². The van der Waals surface area contributed by atoms with Crippen molar-refractivity contribution < 1.29 is 25.0 Å². The third-order valence-corrected chi connectivity index (χ3v) is 3.25. The van der Waals surface area contributed by atoms with Crippen molar-refractivity contribution in [2.75, 3.05) is 6.61 Å². The van der Waals surface area contributed by atoms with E-state index in [0.717, 1.165) is 10.8 Å². The molecule has 11 heteroatoms. The van der Waals surface area contributed by atoms with Crippen molar-refractivity contribution in [3.05, 3.63) is 31.4 Å². The van der Waals surface area contributed by atoms with Gasteiger partial charge in [0, 0.05) is 0 Å². The number of hydrogen-bond donors (Lipinski definition) is 4. The molecule has 0 unspecified atom stereocenters. The molecule has 1 saturated heterocycles. The van der Waals surface area contributed by atoms with E-state index in [4.69, 9.17) is 22.1 Å². The molecule has 0 amide bonds. The van der Waals surface area contributed by atoms with Gasteiger partial charge in [0.05, 0.1) is 17.7 Å². The van der Waals surface area contributed by atoms with E-state index in [1.54, 1.807) is 0 Å². The van der Waals surface area contributed by atoms with Gasteiger partial charge in [0.2, 0.25) is 0 Å². The molecular formula is C9H11N3O7S. The van der Waals surface area contributed by atoms with E-state index in [-0.39, 0.29) is 4.77 Å². The average Bonchev–Trinajstić information content (AvgIpc) is 2.66. The Balaban J connectivity index is 2.48. The van der Waals surface area contributed by atoms with Gasteiger partial charge < -0.3 is 20.1 Å². The molecule has 4 atom stereocenters. The lowest BCUT2D eigenvalue weighted by molar-refractivity contribution is -0.387. The Kier molecular flexibility index (Phi) is 3.96. The summed E-state index contributed by atoms with van der Waals surface area (Å²) in [6.45, 7) is -0.548. The molecule has 4 N–H and O–H groups in total. The predicted molar refractivity (Wildman–Crippen MR) is 65.6 cm³/mol. The summed E-state index contributed by atoms with van der Waals surface area (Å²) in [4.78, 5) is 23.2. The van der Waals surface area contributed by atoms with Crippen LogP contribution in [0.5, 0.6) is 0 Å². The zero-order chi connectivity index (χ0) is 15.0. The van der Waals surface area contributed by atoms with E-state index >= 15 is 0 Å². The van der Waals surface area contributed by atoms with Crippen molar-refractivity contribution in [1.82, 2.24) is 9.55 Å². The zero-order valence-corrected chi connectivity index (χ0v) is 10.7. The summed E-state index contributed by atoms with van der Waals surface area (Å²) in [5, 5.41) is 39.1. The molecule has 0 aromatic carbocycles. The highest BCUT2D eigenvalue weighted by Gasteiger charge is 2.43. The van der Waals surface area contributed by atoms with Crippen LogP contribution in [0.2, 0.25) is 0 Å². The second kappa shape index (κ2) is 5.38. The molecule has 0 aliphatic carbocycles. The van der Waals surface area contributed by atoms with Crippen LogP contribution in [0.4, 0.5) is 5.69 Å². The smallest absolute Gasteiger partial charge is 0.350 e. The van der Waals surface area contributed by atoms with Crippen molar-refractivity contribution in [1.29, 1.82) is 0 Å². The molecule has 0 bridgehead atoms. The van der Waals surface area contributed by atoms with Crippen LogP contribution in [0.25, 0.3) is 0 Å². The van der Waals surface area contributed by atoms with Crippen molar-refractivity contribution in [3.63, 3.8) is 0 Å². The minimum Gasteiger partial charge on any atom is -0.394 e. The highest BCUT2D eigenvalue weighted by atomic mass is 32.1. The fraction of sp³-hybridized carbons (Fsp3) is 0.556. The van der Waals surface area contributed by atoms with Gasteiger partial charge in [-0.05, 0) is 12.2 Å². The number of aliphatic hydroxyl groups excluding tert-OH is 3. The van der Waals surface area contributed by atoms with E-state index in [2.05, 4.69) is 4.98 Å². The van der Waals surface area contributed by atoms with Gasteiger partial charge >= 0.3 is 11.2 Å². The summed E-state index contributed by atoms with van der Waals surface area (Å²) in [5.41, 5.74) is -1.76. The summed E-state index contributed by atoms with van der Waals surface area (Å²) < 4.78 is 5.92. The molecule has 2 heterocycles. The van der Waals surface area contributed by atoms with Crippen molar-refractivity contribution >= 4 is 17.9 Å². The minimum absolute atomic E-state index is 0.213. The highest BCUT2D eigenvalue weighted by Crippen LogP contribution is 2.29. The number of nitrogens with one attached hydrogen (secondary N) is 1. The van der Waals surface area contributed by atoms with Crippen LogP contribution in [0.15, 0.2) is 11.0 Å². The van der Waals surface area contributed by atoms with Gasteiger partial charge in [-0.2, -0.15) is 0 Å². The molecule has 1 aromatic heterocycles. The number of ether oxygens (including phenoxy) is 1. The number of aromatic nitrogens is 2. The fourth-order valence-corrected chi connectivity index (χ4v) is 2.15. The van der Waals surface area contributed by atoms with Crippen LogP contribution >= 0.6 is 12.2 Å². The molecule has 0 saturated carbocycles. The normalized spacial score (nSPS) is 29.6. The number of rotatable bonds is 3. The lowest BCUT2D eigenvalue weighted by atomic mass is 10.1. The lowest BCUT2D eigenvalue weighted by Crippen LogP contribution is -2.33. The van der Waals surface area contributed by atoms with Gasteiger partial charge in [-0.1, -0.05) is 0 Å². The Morgan fingerprint density at radius 1 is 1.50 bits per heavy atom. The largest absolute Gasteiger partial charge is 0.394 e. The number of aromatic amines is 1. The van der Waals surface area contributed by atoms with Crippen LogP contribution in [-0.2, 0) is 4.74 Å². The maximum atomic E-state index is 11.3. The Hall–Kier alpha value is -1.66. The average molecular weight is 305 g/mol. The molecule has 1 aliphatic rings. The molecule has 2 rings (SSSR count). The van der Waals surface area contributed by atoms with Crippen LogP contribution in [0.3, 0.4) is 0 Å². The first kappa shape index (κ1) is 14.7. The third kappa shape index (κ3) is 2.36. The first-order valence-corrected chi connectivity index (χ1v) is 5.90. The SMILES string of the molecule is O=c1[nH]c(=S)n([C@@H]2O[C@H](CO)[C@@H](O)[C@H]2O)cc1[N+](=O)[O-]. The van der Waals surface area contributed by atoms with Gasteiger partial charge in [0.1, 0.15) is 18.3 Å². The second-order valence-electron chi connectivity index (χ2n) is 4.17. The molecule has 10 nitrogen and oxygen atoms in total. The summed E-state index contributed by atoms with van der Waals surface area (Å²) in [6.07, 6.45) is -4.31. The van der Waals surface area contributed by atoms with Crippen molar-refractivity contribution in [2.24, 2.45) is 0 Å². The van der Waals surface area contributed by atoms with Gasteiger partial charge in [0.25, 0.3) is 0 Å². The first-order valence-electron chi connectivity index (χ1n) is 5.49. The molecule has 0 spiro atoms. The first-order chi connectivity index (χ1) is 9.36. The number of hydrogen-bond acceptors (Lipinski definition) is 8. The van der Waals surface area contributed by atoms with Gasteiger partial charge in [0.15, 0.2) is 11.0 Å². The molecule has 1 fully saturated rings. The quantitative estimate of drug-likeness (QED) is 0.297. The Morgan fingerprint density at radius 2 is 2.15 bits per heavy atom. The maximum absolute atomic E-state index is 11.3. The molecule has 20 heavy (non-hydrogen) atoms. The lowest BCUT2D eigenvalue weighted by Gasteiger charge is -2.17. The van der Waals surface area contributed by atoms with Crippen LogP contribution in [0.1, 0.15) is 6.23 Å². The maximum Gasteiger partial charge on any atom is 0.350 e. The second-order valence-corrected chi connectivity index (χ2v) is 4.55. The number of H-pyrrole nitrogens is 1. The van der Waals surface area contributed by atoms with Gasteiger partial charge in [-0.25, -0.2) is 0 Å². The van der Waals surface area contributed by atoms with Gasteiger partial charge in [-0.15, -0.1) is 0 Å². The van der Waals surface area contributed by atoms with E-state index in [1.165, 1.54) is 0 Å². The highest BCUT2D eigenvalue weighted by molar-refractivity contribution is 7.71. The summed E-state index contributed by atoms with van der Waals surface area (Å²) in [7, 11) is 0. The number of nitro groups is 1. The monoisotopic (exact) mass is 305 g/mol. The molecule has 1 aromatic rings. The van der Waals surface area contributed by atoms with Crippen LogP contribution in [-0.4, -0.2) is 54.7 Å². The third-order valence-electron chi connectivity index (χ3n) is 2.94. The van der Waals surface area contributed by atoms with Gasteiger partial charge in [-0.3, -0.25) is 24.5 Å². The van der Waals surface area contributed by atoms with E-state index in [1.807, 2.05) is 0 Å². The van der Waals surface area contributed by atoms with Crippen LogP contribution < -0.4 is 5.56 Å². The molecular weight excluding hydrogens is 294 g/mol. The molecule has 110 valence electrons.